The van der Waals surface area contributed by atoms with Gasteiger partial charge in [-0.1, -0.05) is 6.04 Å². The number of anilines is 1. The van der Waals surface area contributed by atoms with Gasteiger partial charge in [-0.05, 0) is 12.1 Å². The number of phenols is 1. The average molecular weight is 116 g/mol. The Kier molecular flexibility index (Phi) is 0.263. The highest BCUT2D eigenvalue weighted by molar-refractivity contribution is 5.42. The molecule has 0 amide bonds. The summed E-state index contributed by atoms with van der Waals surface area (Å²) < 4.78 is 49.8. The molecule has 0 aliphatic heterocycles. The molecule has 1 aromatic carbocycles. The quantitative estimate of drug-likeness (QED) is 0.566. The summed E-state index contributed by atoms with van der Waals surface area (Å²) in [5, 5.41) is 3.98. The molecule has 2 heteroatoms. The highest BCUT2D eigenvalue weighted by atomic mass is 16.3. The molecule has 1 aromatic rings. The summed E-state index contributed by atoms with van der Waals surface area (Å²) in [6.07, 6.45) is 0. The van der Waals surface area contributed by atoms with E-state index < -0.39 is 35.6 Å². The molecule has 0 aliphatic carbocycles. The van der Waals surface area contributed by atoms with E-state index in [4.69, 9.17) is 9.74 Å². The lowest BCUT2D eigenvalue weighted by Crippen LogP contribution is -1.80. The molecule has 42 valence electrons. The number of nitrogen functional groups attached to an aromatic ring is 1. The van der Waals surface area contributed by atoms with Crippen LogP contribution in [0.25, 0.3) is 0 Å². The van der Waals surface area contributed by atoms with Crippen molar-refractivity contribution in [2.75, 3.05) is 5.72 Å². The van der Waals surface area contributed by atoms with Crippen LogP contribution in [0, 0.1) is 0 Å². The molecule has 8 heavy (non-hydrogen) atoms. The Morgan fingerprint density at radius 1 is 1.88 bits per heavy atom. The van der Waals surface area contributed by atoms with E-state index in [1.807, 2.05) is 0 Å². The summed E-state index contributed by atoms with van der Waals surface area (Å²) in [6.45, 7) is 0. The van der Waals surface area contributed by atoms with E-state index in [-0.39, 0.29) is 5.72 Å². The van der Waals surface area contributed by atoms with Gasteiger partial charge >= 0.3 is 0 Å². The molecule has 0 bridgehead atoms. The maximum absolute atomic E-state index is 7.41. The van der Waals surface area contributed by atoms with Crippen LogP contribution in [-0.2, 0) is 0 Å². The van der Waals surface area contributed by atoms with Crippen molar-refractivity contribution in [2.24, 2.45) is 0 Å². The van der Waals surface area contributed by atoms with Gasteiger partial charge in [-0.15, -0.1) is 0 Å². The molecule has 0 aliphatic rings. The lowest BCUT2D eigenvalue weighted by Gasteiger charge is -1.90. The molecule has 2 nitrogen and oxygen atoms in total. The van der Waals surface area contributed by atoms with Crippen LogP contribution in [-0.4, -0.2) is 6.54 Å². The molecule has 3 N–H and O–H groups in total. The van der Waals surface area contributed by atoms with Gasteiger partial charge in [0.25, 0.3) is 1.43 Å². The smallest absolute Gasteiger partial charge is 0.293 e. The summed E-state index contributed by atoms with van der Waals surface area (Å²) in [7, 11) is 0. The molecular formula is C6H7NO. The Bertz CT molecular complexity index is 394. The third kappa shape index (κ3) is 0.904. The first-order valence-electron chi connectivity index (χ1n) is 5.23. The van der Waals surface area contributed by atoms with Gasteiger partial charge < -0.3 is 10.8 Å². The van der Waals surface area contributed by atoms with Crippen LogP contribution in [0.3, 0.4) is 0 Å². The molecule has 0 radical (unpaired) electrons. The molecule has 0 heterocycles. The molecule has 0 spiro atoms. The van der Waals surface area contributed by atoms with Crippen LogP contribution in [0.2, 0.25) is 2.82 Å². The van der Waals surface area contributed by atoms with Crippen LogP contribution in [0.4, 0.5) is 5.69 Å². The zero-order valence-corrected chi connectivity index (χ0v) is 3.86. The normalized spacial score (nSPS) is 20.2. The fourth-order valence-electron chi connectivity index (χ4n) is 0.317. The van der Waals surface area contributed by atoms with Gasteiger partial charge in [0.05, 0.1) is 5.48 Å². The maximum atomic E-state index is 7.41. The van der Waals surface area contributed by atoms with Crippen molar-refractivity contribution in [3.63, 3.8) is 0 Å². The lowest BCUT2D eigenvalue weighted by molar-refractivity contribution is 0.475. The third-order valence-electron chi connectivity index (χ3n) is 0.589. The van der Waals surface area contributed by atoms with Gasteiger partial charge in [-0.25, -0.2) is 0 Å². The van der Waals surface area contributed by atoms with E-state index in [0.717, 1.165) is 0 Å². The van der Waals surface area contributed by atoms with Gasteiger partial charge in [0.15, 0.2) is 2.82 Å². The zero-order chi connectivity index (χ0) is 11.7. The first kappa shape index (κ1) is 1.21. The first-order chi connectivity index (χ1) is 6.91. The second-order valence-corrected chi connectivity index (χ2v) is 1.18. The number of phenolic OH excluding ortho intramolecular Hbond substituents is 1. The van der Waals surface area contributed by atoms with E-state index in [1.165, 1.54) is 0 Å². The van der Waals surface area contributed by atoms with Crippen LogP contribution >= 0.6 is 0 Å². The Morgan fingerprint density at radius 2 is 2.88 bits per heavy atom. The van der Waals surface area contributed by atoms with Gasteiger partial charge in [0.2, 0.25) is 0 Å². The molecule has 0 aromatic heterocycles. The van der Waals surface area contributed by atoms with Crippen molar-refractivity contribution in [3.05, 3.63) is 24.2 Å². The van der Waals surface area contributed by atoms with Gasteiger partial charge in [-0.2, -0.15) is 0 Å². The van der Waals surface area contributed by atoms with Gasteiger partial charge in [-0.3, -0.25) is 0 Å². The van der Waals surface area contributed by atoms with Gasteiger partial charge in [0.1, 0.15) is 5.75 Å². The summed E-state index contributed by atoms with van der Waals surface area (Å²) in [6, 6.07) is -2.30. The highest BCUT2D eigenvalue weighted by Crippen LogP contribution is 2.10. The molecular weight excluding hydrogens is 102 g/mol. The largest absolute Gasteiger partial charge is 0.508 e. The summed E-state index contributed by atoms with van der Waals surface area (Å²) in [4.78, 5) is 0. The average Bonchev–Trinajstić information content (AvgIpc) is 2.15. The maximum Gasteiger partial charge on any atom is 0.293 e. The molecule has 0 fully saturated rings. The van der Waals surface area contributed by atoms with Crippen LogP contribution < -0.4 is 5.72 Å². The second kappa shape index (κ2) is 1.74. The van der Waals surface area contributed by atoms with E-state index in [0.29, 0.717) is 0 Å². The molecule has 0 saturated heterocycles. The molecule has 0 saturated carbocycles. The minimum atomic E-state index is -0.582. The molecule has 1 rings (SSSR count). The van der Waals surface area contributed by atoms with Crippen molar-refractivity contribution in [3.8, 4) is 5.75 Å². The number of aromatic hydroxyl groups is 1. The van der Waals surface area contributed by atoms with Crippen molar-refractivity contribution >= 4 is 5.69 Å². The Hall–Kier alpha value is -1.18. The Morgan fingerprint density at radius 3 is 3.62 bits per heavy atom. The monoisotopic (exact) mass is 116 g/mol. The summed E-state index contributed by atoms with van der Waals surface area (Å²) in [5.74, 6) is -0.532. The van der Waals surface area contributed by atoms with E-state index >= 15 is 0 Å². The minimum Gasteiger partial charge on any atom is -0.508 e. The summed E-state index contributed by atoms with van der Waals surface area (Å²) in [5.41, 5.74) is -0.497. The number of benzene rings is 1. The Balaban J connectivity index is 3.60. The Labute approximate surface area is 57.6 Å². The van der Waals surface area contributed by atoms with Crippen molar-refractivity contribution < 1.29 is 13.4 Å². The molecule has 0 atom stereocenters. The third-order valence-corrected chi connectivity index (χ3v) is 0.589. The summed E-state index contributed by atoms with van der Waals surface area (Å²) >= 11 is 0. The lowest BCUT2D eigenvalue weighted by atomic mass is 10.3. The predicted octanol–water partition coefficient (Wildman–Crippen LogP) is 0.974. The van der Waals surface area contributed by atoms with Gasteiger partial charge in [0, 0.05) is 11.7 Å². The minimum absolute atomic E-state index is 0.00926. The van der Waals surface area contributed by atoms with Crippen LogP contribution in [0.1, 0.15) is 5.48 Å². The number of hydrogen-bond acceptors (Lipinski definition) is 2. The fourth-order valence-corrected chi connectivity index (χ4v) is 0.317. The van der Waals surface area contributed by atoms with Crippen molar-refractivity contribution in [1.29, 1.82) is 1.43 Å². The number of hydrogen-bond donors (Lipinski definition) is 2. The molecule has 0 unspecified atom stereocenters. The SMILES string of the molecule is [2H]Oc1c([2H])c([2H])c([2H])c(N([2H])[2H])c1[2H]. The first-order valence-corrected chi connectivity index (χ1v) is 1.93. The highest BCUT2D eigenvalue weighted by Gasteiger charge is 1.83. The predicted molar refractivity (Wildman–Crippen MR) is 32.5 cm³/mol. The van der Waals surface area contributed by atoms with E-state index in [2.05, 4.69) is 5.11 Å². The van der Waals surface area contributed by atoms with Crippen LogP contribution in [0.15, 0.2) is 24.2 Å². The standard InChI is InChI=1S/C6H7NO/c7-5-2-1-3-6(8)4-5/h1-4,8H,7H2/i1D,2D,3D,4D/hD3. The van der Waals surface area contributed by atoms with Crippen molar-refractivity contribution in [1.82, 2.24) is 0 Å². The number of nitrogens with two attached hydrogens (primary N) is 1. The zero-order valence-electron chi connectivity index (χ0n) is 10.9. The van der Waals surface area contributed by atoms with Crippen molar-refractivity contribution in [2.45, 2.75) is 0 Å². The van der Waals surface area contributed by atoms with Crippen LogP contribution in [0.5, 0.6) is 5.75 Å². The van der Waals surface area contributed by atoms with E-state index in [9.17, 15) is 0 Å². The fraction of sp³-hybridized carbons (Fsp3) is 0. The topological polar surface area (TPSA) is 46.2 Å². The van der Waals surface area contributed by atoms with E-state index in [1.54, 1.807) is 0 Å². The number of rotatable bonds is 2. The second-order valence-electron chi connectivity index (χ2n) is 1.18.